The molecule has 0 fully saturated rings. The standard InChI is InChI=1S/C13H23N3S/c1-5-6-16(4)9-12-10-17-13(15-12)8-14-7-11(2)3/h5,10-11,14H,1,6-9H2,2-4H3. The molecular weight excluding hydrogens is 230 g/mol. The fourth-order valence-electron chi connectivity index (χ4n) is 1.53. The zero-order valence-corrected chi connectivity index (χ0v) is 11.9. The van der Waals surface area contributed by atoms with E-state index in [1.807, 2.05) is 6.08 Å². The molecule has 0 aliphatic heterocycles. The monoisotopic (exact) mass is 253 g/mol. The zero-order valence-electron chi connectivity index (χ0n) is 11.1. The predicted octanol–water partition coefficient (Wildman–Crippen LogP) is 2.51. The minimum absolute atomic E-state index is 0.688. The Morgan fingerprint density at radius 1 is 1.59 bits per heavy atom. The molecule has 96 valence electrons. The molecule has 0 spiro atoms. The average Bonchev–Trinajstić information content (AvgIpc) is 2.65. The van der Waals surface area contributed by atoms with E-state index in [0.717, 1.165) is 31.9 Å². The van der Waals surface area contributed by atoms with Crippen molar-refractivity contribution < 1.29 is 0 Å². The Bertz CT molecular complexity index is 333. The van der Waals surface area contributed by atoms with Crippen LogP contribution in [-0.2, 0) is 13.1 Å². The van der Waals surface area contributed by atoms with Crippen LogP contribution < -0.4 is 5.32 Å². The van der Waals surface area contributed by atoms with Crippen LogP contribution in [0.3, 0.4) is 0 Å². The van der Waals surface area contributed by atoms with Gasteiger partial charge in [0.05, 0.1) is 5.69 Å². The van der Waals surface area contributed by atoms with Crippen molar-refractivity contribution in [2.45, 2.75) is 26.9 Å². The molecule has 0 saturated carbocycles. The fraction of sp³-hybridized carbons (Fsp3) is 0.615. The molecule has 1 aromatic heterocycles. The first-order valence-electron chi connectivity index (χ1n) is 6.05. The van der Waals surface area contributed by atoms with Gasteiger partial charge in [0.25, 0.3) is 0 Å². The van der Waals surface area contributed by atoms with E-state index in [-0.39, 0.29) is 0 Å². The SMILES string of the molecule is C=CCN(C)Cc1csc(CNCC(C)C)n1. The van der Waals surface area contributed by atoms with Gasteiger partial charge in [-0.05, 0) is 19.5 Å². The van der Waals surface area contributed by atoms with Gasteiger partial charge in [-0.3, -0.25) is 4.90 Å². The van der Waals surface area contributed by atoms with Gasteiger partial charge in [-0.25, -0.2) is 4.98 Å². The molecule has 0 aliphatic carbocycles. The highest BCUT2D eigenvalue weighted by Gasteiger charge is 2.04. The number of nitrogens with one attached hydrogen (secondary N) is 1. The van der Waals surface area contributed by atoms with E-state index in [9.17, 15) is 0 Å². The number of thiazole rings is 1. The van der Waals surface area contributed by atoms with Gasteiger partial charge in [0.15, 0.2) is 0 Å². The van der Waals surface area contributed by atoms with Crippen LogP contribution in [0.25, 0.3) is 0 Å². The fourth-order valence-corrected chi connectivity index (χ4v) is 2.29. The lowest BCUT2D eigenvalue weighted by atomic mass is 10.2. The predicted molar refractivity (Wildman–Crippen MR) is 75.2 cm³/mol. The van der Waals surface area contributed by atoms with Gasteiger partial charge in [-0.15, -0.1) is 17.9 Å². The number of hydrogen-bond donors (Lipinski definition) is 1. The minimum Gasteiger partial charge on any atom is -0.310 e. The maximum atomic E-state index is 4.61. The van der Waals surface area contributed by atoms with Crippen molar-refractivity contribution in [1.82, 2.24) is 15.2 Å². The van der Waals surface area contributed by atoms with Crippen LogP contribution in [0.2, 0.25) is 0 Å². The van der Waals surface area contributed by atoms with Crippen LogP contribution in [-0.4, -0.2) is 30.0 Å². The highest BCUT2D eigenvalue weighted by Crippen LogP contribution is 2.11. The second-order valence-corrected chi connectivity index (χ2v) is 5.69. The van der Waals surface area contributed by atoms with E-state index in [0.29, 0.717) is 5.92 Å². The van der Waals surface area contributed by atoms with Crippen molar-refractivity contribution in [1.29, 1.82) is 0 Å². The lowest BCUT2D eigenvalue weighted by molar-refractivity contribution is 0.359. The molecule has 1 aromatic rings. The molecule has 0 radical (unpaired) electrons. The van der Waals surface area contributed by atoms with Crippen molar-refractivity contribution in [2.24, 2.45) is 5.92 Å². The van der Waals surface area contributed by atoms with E-state index in [2.05, 4.69) is 48.1 Å². The van der Waals surface area contributed by atoms with Crippen molar-refractivity contribution in [2.75, 3.05) is 20.1 Å². The molecule has 4 heteroatoms. The quantitative estimate of drug-likeness (QED) is 0.722. The maximum absolute atomic E-state index is 4.61. The Morgan fingerprint density at radius 2 is 2.35 bits per heavy atom. The molecular formula is C13H23N3S. The molecule has 0 unspecified atom stereocenters. The van der Waals surface area contributed by atoms with Crippen LogP contribution in [0, 0.1) is 5.92 Å². The van der Waals surface area contributed by atoms with Gasteiger partial charge in [-0.2, -0.15) is 0 Å². The number of nitrogens with zero attached hydrogens (tertiary/aromatic N) is 2. The summed E-state index contributed by atoms with van der Waals surface area (Å²) in [7, 11) is 2.08. The molecule has 0 atom stereocenters. The molecule has 0 bridgehead atoms. The van der Waals surface area contributed by atoms with Gasteiger partial charge in [-0.1, -0.05) is 19.9 Å². The third-order valence-corrected chi connectivity index (χ3v) is 3.20. The normalized spacial score (nSPS) is 11.4. The lowest BCUT2D eigenvalue weighted by Crippen LogP contribution is -2.19. The average molecular weight is 253 g/mol. The van der Waals surface area contributed by atoms with Gasteiger partial charge in [0.2, 0.25) is 0 Å². The maximum Gasteiger partial charge on any atom is 0.107 e. The second kappa shape index (κ2) is 7.58. The van der Waals surface area contributed by atoms with Crippen LogP contribution in [0.5, 0.6) is 0 Å². The largest absolute Gasteiger partial charge is 0.310 e. The summed E-state index contributed by atoms with van der Waals surface area (Å²) in [6, 6.07) is 0. The second-order valence-electron chi connectivity index (χ2n) is 4.74. The Kier molecular flexibility index (Phi) is 6.40. The Hall–Kier alpha value is -0.710. The molecule has 0 aromatic carbocycles. The molecule has 0 aliphatic rings. The van der Waals surface area contributed by atoms with Crippen LogP contribution in [0.1, 0.15) is 24.5 Å². The van der Waals surface area contributed by atoms with E-state index in [4.69, 9.17) is 0 Å². The summed E-state index contributed by atoms with van der Waals surface area (Å²) in [6.07, 6.45) is 1.91. The summed E-state index contributed by atoms with van der Waals surface area (Å²) in [4.78, 5) is 6.81. The van der Waals surface area contributed by atoms with Crippen LogP contribution >= 0.6 is 11.3 Å². The summed E-state index contributed by atoms with van der Waals surface area (Å²) in [5.74, 6) is 0.688. The van der Waals surface area contributed by atoms with E-state index in [1.54, 1.807) is 11.3 Å². The van der Waals surface area contributed by atoms with Gasteiger partial charge in [0, 0.05) is 25.0 Å². The van der Waals surface area contributed by atoms with Gasteiger partial charge >= 0.3 is 0 Å². The Labute approximate surface area is 109 Å². The first-order chi connectivity index (χ1) is 8.11. The van der Waals surface area contributed by atoms with Crippen LogP contribution in [0.15, 0.2) is 18.0 Å². The minimum atomic E-state index is 0.688. The Morgan fingerprint density at radius 3 is 3.00 bits per heavy atom. The number of likely N-dealkylation sites (N-methyl/N-ethyl adjacent to an activating group) is 1. The van der Waals surface area contributed by atoms with Crippen LogP contribution in [0.4, 0.5) is 0 Å². The Balaban J connectivity index is 2.34. The van der Waals surface area contributed by atoms with E-state index < -0.39 is 0 Å². The van der Waals surface area contributed by atoms with Crippen molar-refractivity contribution in [3.8, 4) is 0 Å². The first kappa shape index (κ1) is 14.4. The zero-order chi connectivity index (χ0) is 12.7. The first-order valence-corrected chi connectivity index (χ1v) is 6.93. The number of rotatable bonds is 8. The lowest BCUT2D eigenvalue weighted by Gasteiger charge is -2.11. The van der Waals surface area contributed by atoms with Crippen molar-refractivity contribution in [3.63, 3.8) is 0 Å². The highest BCUT2D eigenvalue weighted by molar-refractivity contribution is 7.09. The van der Waals surface area contributed by atoms with E-state index in [1.165, 1.54) is 5.01 Å². The number of aromatic nitrogens is 1. The number of hydrogen-bond acceptors (Lipinski definition) is 4. The summed E-state index contributed by atoms with van der Waals surface area (Å²) in [5.41, 5.74) is 1.15. The molecule has 0 amide bonds. The molecule has 17 heavy (non-hydrogen) atoms. The third kappa shape index (κ3) is 5.96. The van der Waals surface area contributed by atoms with Gasteiger partial charge < -0.3 is 5.32 Å². The molecule has 1 rings (SSSR count). The topological polar surface area (TPSA) is 28.2 Å². The summed E-state index contributed by atoms with van der Waals surface area (Å²) < 4.78 is 0. The van der Waals surface area contributed by atoms with Gasteiger partial charge in [0.1, 0.15) is 5.01 Å². The highest BCUT2D eigenvalue weighted by atomic mass is 32.1. The third-order valence-electron chi connectivity index (χ3n) is 2.30. The summed E-state index contributed by atoms with van der Waals surface area (Å²) in [6.45, 7) is 11.9. The molecule has 1 heterocycles. The molecule has 0 saturated heterocycles. The van der Waals surface area contributed by atoms with Crippen molar-refractivity contribution in [3.05, 3.63) is 28.7 Å². The summed E-state index contributed by atoms with van der Waals surface area (Å²) in [5, 5.41) is 6.73. The summed E-state index contributed by atoms with van der Waals surface area (Å²) >= 11 is 1.74. The van der Waals surface area contributed by atoms with E-state index >= 15 is 0 Å². The van der Waals surface area contributed by atoms with Crippen molar-refractivity contribution >= 4 is 11.3 Å². The molecule has 3 nitrogen and oxygen atoms in total. The smallest absolute Gasteiger partial charge is 0.107 e. The molecule has 1 N–H and O–H groups in total.